The third-order valence-electron chi connectivity index (χ3n) is 5.66. The van der Waals surface area contributed by atoms with E-state index in [4.69, 9.17) is 9.47 Å². The second kappa shape index (κ2) is 8.19. The van der Waals surface area contributed by atoms with Crippen LogP contribution in [0, 0.1) is 6.92 Å². The molecule has 0 radical (unpaired) electrons. The third kappa shape index (κ3) is 4.15. The average molecular weight is 346 g/mol. The number of rotatable bonds is 5. The van der Waals surface area contributed by atoms with Crippen molar-refractivity contribution in [2.24, 2.45) is 0 Å². The van der Waals surface area contributed by atoms with Crippen molar-refractivity contribution in [3.05, 3.63) is 29.3 Å². The number of ether oxygens (including phenoxy) is 2. The molecule has 0 aliphatic carbocycles. The first-order valence-electron chi connectivity index (χ1n) is 9.32. The smallest absolute Gasteiger partial charge is 0.323 e. The maximum Gasteiger partial charge on any atom is 0.323 e. The van der Waals surface area contributed by atoms with Crippen LogP contribution in [-0.4, -0.2) is 61.7 Å². The molecular weight excluding hydrogens is 316 g/mol. The minimum Gasteiger partial charge on any atom is -0.496 e. The van der Waals surface area contributed by atoms with Gasteiger partial charge in [0.2, 0.25) is 0 Å². The molecule has 1 aromatic carbocycles. The van der Waals surface area contributed by atoms with Crippen LogP contribution in [0.1, 0.15) is 36.8 Å². The van der Waals surface area contributed by atoms with Gasteiger partial charge in [0, 0.05) is 12.6 Å². The lowest BCUT2D eigenvalue weighted by Gasteiger charge is -2.38. The quantitative estimate of drug-likeness (QED) is 0.767. The van der Waals surface area contributed by atoms with Gasteiger partial charge in [-0.05, 0) is 69.4 Å². The molecule has 25 heavy (non-hydrogen) atoms. The van der Waals surface area contributed by atoms with Crippen molar-refractivity contribution in [2.75, 3.05) is 33.9 Å². The molecule has 2 aliphatic rings. The number of benzene rings is 1. The number of esters is 1. The number of carbonyl (C=O) groups is 1. The summed E-state index contributed by atoms with van der Waals surface area (Å²) in [5.74, 6) is 0.888. The maximum absolute atomic E-state index is 12.0. The lowest BCUT2D eigenvalue weighted by Crippen LogP contribution is -2.48. The molecule has 2 aliphatic heterocycles. The van der Waals surface area contributed by atoms with Crippen LogP contribution in [0.25, 0.3) is 0 Å². The lowest BCUT2D eigenvalue weighted by atomic mass is 10.0. The molecule has 5 heteroatoms. The number of methoxy groups -OCH3 is 2. The van der Waals surface area contributed by atoms with E-state index in [1.165, 1.54) is 18.2 Å². The first kappa shape index (κ1) is 18.2. The van der Waals surface area contributed by atoms with Crippen LogP contribution < -0.4 is 4.74 Å². The molecule has 0 bridgehead atoms. The van der Waals surface area contributed by atoms with E-state index in [9.17, 15) is 4.79 Å². The summed E-state index contributed by atoms with van der Waals surface area (Å²) in [5.41, 5.74) is 2.53. The highest BCUT2D eigenvalue weighted by Gasteiger charge is 2.37. The number of aryl methyl sites for hydroxylation is 1. The largest absolute Gasteiger partial charge is 0.496 e. The zero-order valence-corrected chi connectivity index (χ0v) is 15.7. The summed E-state index contributed by atoms with van der Waals surface area (Å²) in [4.78, 5) is 16.9. The van der Waals surface area contributed by atoms with E-state index in [1.807, 2.05) is 0 Å². The van der Waals surface area contributed by atoms with Crippen molar-refractivity contribution >= 4 is 5.97 Å². The minimum atomic E-state index is -0.0614. The zero-order chi connectivity index (χ0) is 17.8. The van der Waals surface area contributed by atoms with Crippen molar-refractivity contribution in [2.45, 2.75) is 51.2 Å². The van der Waals surface area contributed by atoms with Gasteiger partial charge in [0.25, 0.3) is 0 Å². The van der Waals surface area contributed by atoms with Crippen molar-refractivity contribution in [1.29, 1.82) is 0 Å². The summed E-state index contributed by atoms with van der Waals surface area (Å²) in [6, 6.07) is 6.93. The SMILES string of the molecule is COC(=O)[C@@H]1CCCN1C1CCN(Cc2ccc(OC)c(C)c2)CC1. The molecule has 0 aromatic heterocycles. The molecule has 138 valence electrons. The van der Waals surface area contributed by atoms with Crippen LogP contribution >= 0.6 is 0 Å². The molecular formula is C20H30N2O3. The highest BCUT2D eigenvalue weighted by Crippen LogP contribution is 2.27. The summed E-state index contributed by atoms with van der Waals surface area (Å²) in [6.07, 6.45) is 4.30. The Balaban J connectivity index is 1.53. The Kier molecular flexibility index (Phi) is 5.97. The molecule has 1 aromatic rings. The van der Waals surface area contributed by atoms with E-state index in [0.717, 1.165) is 57.6 Å². The van der Waals surface area contributed by atoms with Gasteiger partial charge in [-0.2, -0.15) is 0 Å². The number of likely N-dealkylation sites (tertiary alicyclic amines) is 2. The monoisotopic (exact) mass is 346 g/mol. The van der Waals surface area contributed by atoms with Crippen LogP contribution in [0.15, 0.2) is 18.2 Å². The molecule has 2 heterocycles. The predicted octanol–water partition coefficient (Wildman–Crippen LogP) is 2.61. The Morgan fingerprint density at radius 1 is 1.16 bits per heavy atom. The van der Waals surface area contributed by atoms with Crippen LogP contribution in [0.2, 0.25) is 0 Å². The first-order chi connectivity index (χ1) is 12.1. The van der Waals surface area contributed by atoms with Crippen LogP contribution in [0.4, 0.5) is 0 Å². The van der Waals surface area contributed by atoms with Crippen molar-refractivity contribution in [3.63, 3.8) is 0 Å². The molecule has 0 amide bonds. The summed E-state index contributed by atoms with van der Waals surface area (Å²) >= 11 is 0. The Hall–Kier alpha value is -1.59. The second-order valence-electron chi connectivity index (χ2n) is 7.23. The number of nitrogens with zero attached hydrogens (tertiary/aromatic N) is 2. The molecule has 2 fully saturated rings. The lowest BCUT2D eigenvalue weighted by molar-refractivity contribution is -0.147. The molecule has 0 spiro atoms. The van der Waals surface area contributed by atoms with Gasteiger partial charge in [-0.25, -0.2) is 0 Å². The third-order valence-corrected chi connectivity index (χ3v) is 5.66. The number of carbonyl (C=O) groups excluding carboxylic acids is 1. The normalized spacial score (nSPS) is 22.9. The van der Waals surface area contributed by atoms with E-state index in [0.29, 0.717) is 6.04 Å². The fraction of sp³-hybridized carbons (Fsp3) is 0.650. The van der Waals surface area contributed by atoms with Gasteiger partial charge in [-0.15, -0.1) is 0 Å². The molecule has 5 nitrogen and oxygen atoms in total. The summed E-state index contributed by atoms with van der Waals surface area (Å²) < 4.78 is 10.3. The van der Waals surface area contributed by atoms with E-state index >= 15 is 0 Å². The van der Waals surface area contributed by atoms with Crippen molar-refractivity contribution in [1.82, 2.24) is 9.80 Å². The van der Waals surface area contributed by atoms with Gasteiger partial charge >= 0.3 is 5.97 Å². The van der Waals surface area contributed by atoms with E-state index in [2.05, 4.69) is 34.9 Å². The van der Waals surface area contributed by atoms with Gasteiger partial charge in [-0.1, -0.05) is 12.1 Å². The van der Waals surface area contributed by atoms with Crippen molar-refractivity contribution in [3.8, 4) is 5.75 Å². The van der Waals surface area contributed by atoms with E-state index in [1.54, 1.807) is 7.11 Å². The molecule has 0 saturated carbocycles. The topological polar surface area (TPSA) is 42.0 Å². The number of hydrogen-bond acceptors (Lipinski definition) is 5. The summed E-state index contributed by atoms with van der Waals surface area (Å²) in [6.45, 7) is 6.27. The highest BCUT2D eigenvalue weighted by molar-refractivity contribution is 5.76. The Bertz CT molecular complexity index is 597. The predicted molar refractivity (Wildman–Crippen MR) is 97.8 cm³/mol. The molecule has 2 saturated heterocycles. The summed E-state index contributed by atoms with van der Waals surface area (Å²) in [5, 5.41) is 0. The fourth-order valence-electron chi connectivity index (χ4n) is 4.32. The van der Waals surface area contributed by atoms with Gasteiger partial charge in [0.05, 0.1) is 14.2 Å². The van der Waals surface area contributed by atoms with Crippen molar-refractivity contribution < 1.29 is 14.3 Å². The van der Waals surface area contributed by atoms with Gasteiger partial charge in [0.1, 0.15) is 11.8 Å². The van der Waals surface area contributed by atoms with Crippen LogP contribution in [0.3, 0.4) is 0 Å². The Labute approximate surface area is 150 Å². The Morgan fingerprint density at radius 3 is 2.56 bits per heavy atom. The first-order valence-corrected chi connectivity index (χ1v) is 9.32. The molecule has 1 atom stereocenters. The molecule has 0 N–H and O–H groups in total. The Morgan fingerprint density at radius 2 is 1.92 bits per heavy atom. The van der Waals surface area contributed by atoms with Crippen LogP contribution in [0.5, 0.6) is 5.75 Å². The zero-order valence-electron chi connectivity index (χ0n) is 15.7. The highest BCUT2D eigenvalue weighted by atomic mass is 16.5. The minimum absolute atomic E-state index is 0.0224. The number of piperidine rings is 1. The van der Waals surface area contributed by atoms with E-state index < -0.39 is 0 Å². The maximum atomic E-state index is 12.0. The second-order valence-corrected chi connectivity index (χ2v) is 7.23. The molecule has 0 unspecified atom stereocenters. The van der Waals surface area contributed by atoms with Crippen LogP contribution in [-0.2, 0) is 16.1 Å². The van der Waals surface area contributed by atoms with Gasteiger partial charge in [-0.3, -0.25) is 14.6 Å². The van der Waals surface area contributed by atoms with E-state index in [-0.39, 0.29) is 12.0 Å². The average Bonchev–Trinajstić information content (AvgIpc) is 3.11. The van der Waals surface area contributed by atoms with Gasteiger partial charge < -0.3 is 9.47 Å². The molecule has 3 rings (SSSR count). The number of hydrogen-bond donors (Lipinski definition) is 0. The van der Waals surface area contributed by atoms with Gasteiger partial charge in [0.15, 0.2) is 0 Å². The fourth-order valence-corrected chi connectivity index (χ4v) is 4.32. The standard InChI is InChI=1S/C20H30N2O3/c1-15-13-16(6-7-19(15)24-2)14-21-11-8-17(9-12-21)22-10-4-5-18(22)20(23)25-3/h6-7,13,17-18H,4-5,8-12,14H2,1-3H3/t18-/m0/s1. The summed E-state index contributed by atoms with van der Waals surface area (Å²) in [7, 11) is 3.21.